The van der Waals surface area contributed by atoms with Crippen LogP contribution >= 0.6 is 11.6 Å². The number of aromatic nitrogens is 2. The number of nitrogens with zero attached hydrogens (tertiary/aromatic N) is 2. The van der Waals surface area contributed by atoms with Crippen LogP contribution in [-0.4, -0.2) is 14.9 Å². The van der Waals surface area contributed by atoms with Gasteiger partial charge in [0.25, 0.3) is 0 Å². The molecule has 2 aromatic rings. The Labute approximate surface area is 106 Å². The minimum atomic E-state index is -0.820. The zero-order chi connectivity index (χ0) is 13.1. The number of aromatic amines is 1. The van der Waals surface area contributed by atoms with E-state index in [-0.39, 0.29) is 5.82 Å². The summed E-state index contributed by atoms with van der Waals surface area (Å²) in [5.41, 5.74) is -0.958. The summed E-state index contributed by atoms with van der Waals surface area (Å²) >= 11 is 5.78. The van der Waals surface area contributed by atoms with Crippen LogP contribution in [0.5, 0.6) is 0 Å². The third kappa shape index (κ3) is 2.46. The number of benzene rings is 1. The van der Waals surface area contributed by atoms with E-state index in [1.807, 2.05) is 0 Å². The molecular weight excluding hydrogens is 260 g/mol. The highest BCUT2D eigenvalue weighted by atomic mass is 35.5. The molecule has 2 N–H and O–H groups in total. The molecule has 1 aromatic heterocycles. The fourth-order valence-corrected chi connectivity index (χ4v) is 1.55. The van der Waals surface area contributed by atoms with Crippen LogP contribution in [-0.2, 0) is 0 Å². The van der Waals surface area contributed by atoms with Crippen LogP contribution in [0, 0.1) is 10.1 Å². The van der Waals surface area contributed by atoms with Crippen LogP contribution < -0.4 is 10.9 Å². The summed E-state index contributed by atoms with van der Waals surface area (Å²) in [6.45, 7) is 0. The van der Waals surface area contributed by atoms with Crippen LogP contribution in [0.4, 0.5) is 17.2 Å². The van der Waals surface area contributed by atoms with Gasteiger partial charge in [-0.1, -0.05) is 17.7 Å². The predicted octanol–water partition coefficient (Wildman–Crippen LogP) is 2.08. The first kappa shape index (κ1) is 12.1. The molecule has 92 valence electrons. The maximum Gasteiger partial charge on any atom is 0.376 e. The molecule has 0 spiro atoms. The maximum absolute atomic E-state index is 11.3. The van der Waals surface area contributed by atoms with Crippen molar-refractivity contribution in [3.05, 3.63) is 56.1 Å². The topological polar surface area (TPSA) is 101 Å². The number of rotatable bonds is 3. The van der Waals surface area contributed by atoms with Crippen LogP contribution in [0.3, 0.4) is 0 Å². The molecule has 0 unspecified atom stereocenters. The highest BCUT2D eigenvalue weighted by molar-refractivity contribution is 6.30. The molecule has 18 heavy (non-hydrogen) atoms. The molecule has 0 bridgehead atoms. The summed E-state index contributed by atoms with van der Waals surface area (Å²) in [5.74, 6) is -0.133. The second-order valence-corrected chi connectivity index (χ2v) is 3.76. The van der Waals surface area contributed by atoms with Gasteiger partial charge in [-0.05, 0) is 18.2 Å². The van der Waals surface area contributed by atoms with Gasteiger partial charge < -0.3 is 10.3 Å². The molecule has 0 aliphatic rings. The quantitative estimate of drug-likeness (QED) is 0.654. The van der Waals surface area contributed by atoms with E-state index in [4.69, 9.17) is 11.6 Å². The third-order valence-electron chi connectivity index (χ3n) is 2.10. The van der Waals surface area contributed by atoms with E-state index in [1.165, 1.54) is 0 Å². The van der Waals surface area contributed by atoms with Crippen molar-refractivity contribution in [1.29, 1.82) is 0 Å². The number of anilines is 2. The number of hydrogen-bond donors (Lipinski definition) is 2. The Balaban J connectivity index is 2.44. The fraction of sp³-hybridized carbons (Fsp3) is 0. The first-order chi connectivity index (χ1) is 8.58. The molecule has 0 fully saturated rings. The smallest absolute Gasteiger partial charge is 0.334 e. The van der Waals surface area contributed by atoms with Gasteiger partial charge in [-0.25, -0.2) is 4.98 Å². The molecular formula is C10H7ClN4O3. The number of H-pyrrole nitrogens is 1. The SMILES string of the molecule is O=c1[nH]cnc(Nc2cccc(Cl)c2)c1[N+](=O)[O-]. The summed E-state index contributed by atoms with van der Waals surface area (Å²) in [6, 6.07) is 6.54. The van der Waals surface area contributed by atoms with Crippen LogP contribution in [0.25, 0.3) is 0 Å². The van der Waals surface area contributed by atoms with Gasteiger partial charge in [0.1, 0.15) is 0 Å². The molecule has 0 aliphatic heterocycles. The zero-order valence-corrected chi connectivity index (χ0v) is 9.64. The minimum absolute atomic E-state index is 0.133. The van der Waals surface area contributed by atoms with E-state index >= 15 is 0 Å². The number of nitrogens with one attached hydrogen (secondary N) is 2. The van der Waals surface area contributed by atoms with Gasteiger partial charge in [-0.15, -0.1) is 0 Å². The van der Waals surface area contributed by atoms with Crippen molar-refractivity contribution in [2.45, 2.75) is 0 Å². The van der Waals surface area contributed by atoms with E-state index in [0.717, 1.165) is 6.33 Å². The Kier molecular flexibility index (Phi) is 3.24. The molecule has 1 aromatic carbocycles. The van der Waals surface area contributed by atoms with Crippen LogP contribution in [0.1, 0.15) is 0 Å². The summed E-state index contributed by atoms with van der Waals surface area (Å²) in [4.78, 5) is 27.2. The molecule has 0 radical (unpaired) electrons. The standard InChI is InChI=1S/C10H7ClN4O3/c11-6-2-1-3-7(4-6)14-9-8(15(17)18)10(16)13-5-12-9/h1-5H,(H2,12,13,14,16). The molecule has 2 rings (SSSR count). The van der Waals surface area contributed by atoms with Crippen LogP contribution in [0.2, 0.25) is 5.02 Å². The van der Waals surface area contributed by atoms with Crippen molar-refractivity contribution in [2.24, 2.45) is 0 Å². The zero-order valence-electron chi connectivity index (χ0n) is 8.88. The monoisotopic (exact) mass is 266 g/mol. The van der Waals surface area contributed by atoms with Crippen LogP contribution in [0.15, 0.2) is 35.4 Å². The van der Waals surface area contributed by atoms with Crippen molar-refractivity contribution in [3.63, 3.8) is 0 Å². The molecule has 0 aliphatic carbocycles. The summed E-state index contributed by atoms with van der Waals surface area (Å²) in [5, 5.41) is 13.9. The summed E-state index contributed by atoms with van der Waals surface area (Å²) in [7, 11) is 0. The minimum Gasteiger partial charge on any atom is -0.334 e. The molecule has 0 saturated heterocycles. The summed E-state index contributed by atoms with van der Waals surface area (Å²) in [6.07, 6.45) is 1.09. The van der Waals surface area contributed by atoms with E-state index < -0.39 is 16.2 Å². The fourth-order valence-electron chi connectivity index (χ4n) is 1.36. The largest absolute Gasteiger partial charge is 0.376 e. The first-order valence-electron chi connectivity index (χ1n) is 4.82. The second kappa shape index (κ2) is 4.84. The highest BCUT2D eigenvalue weighted by Crippen LogP contribution is 2.22. The van der Waals surface area contributed by atoms with E-state index in [1.54, 1.807) is 24.3 Å². The van der Waals surface area contributed by atoms with E-state index in [0.29, 0.717) is 10.7 Å². The van der Waals surface area contributed by atoms with E-state index in [2.05, 4.69) is 15.3 Å². The highest BCUT2D eigenvalue weighted by Gasteiger charge is 2.20. The molecule has 0 atom stereocenters. The van der Waals surface area contributed by atoms with Gasteiger partial charge in [0, 0.05) is 10.7 Å². The lowest BCUT2D eigenvalue weighted by atomic mass is 10.3. The average Bonchev–Trinajstić information content (AvgIpc) is 2.28. The lowest BCUT2D eigenvalue weighted by Gasteiger charge is -2.05. The van der Waals surface area contributed by atoms with Gasteiger partial charge in [0.2, 0.25) is 5.82 Å². The molecule has 8 heteroatoms. The van der Waals surface area contributed by atoms with E-state index in [9.17, 15) is 14.9 Å². The normalized spacial score (nSPS) is 10.1. The molecule has 1 heterocycles. The summed E-state index contributed by atoms with van der Waals surface area (Å²) < 4.78 is 0. The Hall–Kier alpha value is -2.41. The van der Waals surface area contributed by atoms with Crippen molar-refractivity contribution in [3.8, 4) is 0 Å². The van der Waals surface area contributed by atoms with Gasteiger partial charge >= 0.3 is 11.2 Å². The van der Waals surface area contributed by atoms with Gasteiger partial charge in [-0.2, -0.15) is 0 Å². The first-order valence-corrected chi connectivity index (χ1v) is 5.20. The van der Waals surface area contributed by atoms with Gasteiger partial charge in [-0.3, -0.25) is 14.9 Å². The maximum atomic E-state index is 11.3. The van der Waals surface area contributed by atoms with Gasteiger partial charge in [0.15, 0.2) is 0 Å². The molecule has 7 nitrogen and oxygen atoms in total. The average molecular weight is 267 g/mol. The molecule has 0 amide bonds. The second-order valence-electron chi connectivity index (χ2n) is 3.32. The lowest BCUT2D eigenvalue weighted by Crippen LogP contribution is -2.14. The Morgan fingerprint density at radius 3 is 2.89 bits per heavy atom. The van der Waals surface area contributed by atoms with Crippen molar-refractivity contribution in [1.82, 2.24) is 9.97 Å². The number of halogens is 1. The van der Waals surface area contributed by atoms with Gasteiger partial charge in [0.05, 0.1) is 11.3 Å². The molecule has 0 saturated carbocycles. The van der Waals surface area contributed by atoms with Crippen molar-refractivity contribution >= 4 is 28.8 Å². The van der Waals surface area contributed by atoms with Crippen molar-refractivity contribution in [2.75, 3.05) is 5.32 Å². The Bertz CT molecular complexity index is 656. The number of nitro groups is 1. The lowest BCUT2D eigenvalue weighted by molar-refractivity contribution is -0.385. The third-order valence-corrected chi connectivity index (χ3v) is 2.33. The number of hydrogen-bond acceptors (Lipinski definition) is 5. The Morgan fingerprint density at radius 2 is 2.22 bits per heavy atom. The predicted molar refractivity (Wildman–Crippen MR) is 66.2 cm³/mol. The Morgan fingerprint density at radius 1 is 1.44 bits per heavy atom. The van der Waals surface area contributed by atoms with Crippen molar-refractivity contribution < 1.29 is 4.92 Å².